The molecule has 0 unspecified atom stereocenters. The molecule has 0 saturated carbocycles. The number of H-pyrrole nitrogens is 1. The fourth-order valence-electron chi connectivity index (χ4n) is 3.23. The summed E-state index contributed by atoms with van der Waals surface area (Å²) in [6, 6.07) is 15.8. The van der Waals surface area contributed by atoms with Crippen molar-refractivity contribution in [2.45, 2.75) is 6.92 Å². The van der Waals surface area contributed by atoms with E-state index in [-0.39, 0.29) is 5.78 Å². The van der Waals surface area contributed by atoms with Gasteiger partial charge in [-0.1, -0.05) is 23.7 Å². The van der Waals surface area contributed by atoms with E-state index in [1.54, 1.807) is 19.1 Å². The number of hydrogen-bond donors (Lipinski definition) is 1. The number of benzene rings is 2. The van der Waals surface area contributed by atoms with Crippen LogP contribution in [0.3, 0.4) is 0 Å². The number of nitrogens with zero attached hydrogens (tertiary/aromatic N) is 2. The molecule has 0 aliphatic carbocycles. The van der Waals surface area contributed by atoms with E-state index >= 15 is 0 Å². The second-order valence-electron chi connectivity index (χ2n) is 6.52. The average Bonchev–Trinajstić information content (AvgIpc) is 3.15. The van der Waals surface area contributed by atoms with Crippen molar-refractivity contribution < 1.29 is 4.79 Å². The highest BCUT2D eigenvalue weighted by molar-refractivity contribution is 7.99. The van der Waals surface area contributed by atoms with Gasteiger partial charge in [0.2, 0.25) is 0 Å². The first-order valence-electron chi connectivity index (χ1n) is 8.92. The number of Topliss-reactive ketones (excluding diaryl/α,β-unsaturated/α-hetero) is 1. The van der Waals surface area contributed by atoms with Crippen molar-refractivity contribution in [2.24, 2.45) is 0 Å². The molecular weight excluding hydrogens is 378 g/mol. The zero-order valence-corrected chi connectivity index (χ0v) is 16.6. The average molecular weight is 398 g/mol. The van der Waals surface area contributed by atoms with Crippen LogP contribution in [0.1, 0.15) is 17.4 Å². The Morgan fingerprint density at radius 3 is 2.30 bits per heavy atom. The first-order valence-corrected chi connectivity index (χ1v) is 10.4. The lowest BCUT2D eigenvalue weighted by molar-refractivity contribution is 0.101. The van der Waals surface area contributed by atoms with Crippen molar-refractivity contribution in [3.63, 3.8) is 0 Å². The minimum Gasteiger partial charge on any atom is -0.370 e. The SMILES string of the molecule is CC(=O)c1[nH]c(-c2ccc(N3CCSCC3)cc2)nc1-c1ccc(Cl)cc1. The Morgan fingerprint density at radius 1 is 1.04 bits per heavy atom. The fourth-order valence-corrected chi connectivity index (χ4v) is 4.26. The Labute approximate surface area is 168 Å². The fraction of sp³-hybridized carbons (Fsp3) is 0.238. The number of thioether (sulfide) groups is 1. The van der Waals surface area contributed by atoms with Gasteiger partial charge >= 0.3 is 0 Å². The summed E-state index contributed by atoms with van der Waals surface area (Å²) in [5, 5.41) is 0.658. The first-order chi connectivity index (χ1) is 13.1. The maximum Gasteiger partial charge on any atom is 0.178 e. The van der Waals surface area contributed by atoms with Crippen LogP contribution in [-0.2, 0) is 0 Å². The molecule has 3 aromatic rings. The molecule has 2 aromatic carbocycles. The minimum absolute atomic E-state index is 0.0406. The maximum absolute atomic E-state index is 12.1. The van der Waals surface area contributed by atoms with E-state index < -0.39 is 0 Å². The van der Waals surface area contributed by atoms with E-state index in [4.69, 9.17) is 16.6 Å². The lowest BCUT2D eigenvalue weighted by Gasteiger charge is -2.28. The van der Waals surface area contributed by atoms with Crippen LogP contribution in [0, 0.1) is 0 Å². The second kappa shape index (κ2) is 7.79. The summed E-state index contributed by atoms with van der Waals surface area (Å²) in [6.45, 7) is 3.72. The number of carbonyl (C=O) groups excluding carboxylic acids is 1. The Kier molecular flexibility index (Phi) is 5.23. The Balaban J connectivity index is 1.66. The van der Waals surface area contributed by atoms with Crippen LogP contribution in [0.25, 0.3) is 22.6 Å². The topological polar surface area (TPSA) is 49.0 Å². The smallest absolute Gasteiger partial charge is 0.178 e. The number of imidazole rings is 1. The van der Waals surface area contributed by atoms with E-state index in [2.05, 4.69) is 34.1 Å². The van der Waals surface area contributed by atoms with Crippen molar-refractivity contribution in [2.75, 3.05) is 29.5 Å². The molecule has 1 saturated heterocycles. The van der Waals surface area contributed by atoms with E-state index in [1.807, 2.05) is 23.9 Å². The van der Waals surface area contributed by atoms with E-state index in [0.29, 0.717) is 22.2 Å². The van der Waals surface area contributed by atoms with Crippen LogP contribution >= 0.6 is 23.4 Å². The third kappa shape index (κ3) is 3.89. The van der Waals surface area contributed by atoms with Gasteiger partial charge in [0.1, 0.15) is 11.5 Å². The molecule has 1 aromatic heterocycles. The van der Waals surface area contributed by atoms with Crippen LogP contribution in [0.4, 0.5) is 5.69 Å². The zero-order chi connectivity index (χ0) is 18.8. The zero-order valence-electron chi connectivity index (χ0n) is 15.0. The lowest BCUT2D eigenvalue weighted by atomic mass is 10.1. The molecule has 2 heterocycles. The number of carbonyl (C=O) groups is 1. The Hall–Kier alpha value is -2.24. The van der Waals surface area contributed by atoms with Gasteiger partial charge in [-0.25, -0.2) is 4.98 Å². The molecule has 0 radical (unpaired) electrons. The number of ketones is 1. The van der Waals surface area contributed by atoms with Crippen LogP contribution in [0.15, 0.2) is 48.5 Å². The monoisotopic (exact) mass is 397 g/mol. The molecule has 1 aliphatic rings. The Morgan fingerprint density at radius 2 is 1.67 bits per heavy atom. The van der Waals surface area contributed by atoms with Gasteiger partial charge in [-0.05, 0) is 36.4 Å². The molecule has 1 aliphatic heterocycles. The number of anilines is 1. The third-order valence-corrected chi connectivity index (χ3v) is 5.88. The molecule has 4 rings (SSSR count). The molecule has 6 heteroatoms. The van der Waals surface area contributed by atoms with Gasteiger partial charge in [0.25, 0.3) is 0 Å². The molecule has 0 spiro atoms. The van der Waals surface area contributed by atoms with Gasteiger partial charge in [-0.3, -0.25) is 4.79 Å². The standard InChI is InChI=1S/C21H20ClN3OS/c1-14(26)19-20(15-2-6-17(22)7-3-15)24-21(23-19)16-4-8-18(9-5-16)25-10-12-27-13-11-25/h2-9H,10-13H2,1H3,(H,23,24). The normalized spacial score (nSPS) is 14.4. The number of aromatic nitrogens is 2. The maximum atomic E-state index is 12.1. The van der Waals surface area contributed by atoms with Crippen LogP contribution in [0.2, 0.25) is 5.02 Å². The number of nitrogens with one attached hydrogen (secondary N) is 1. The van der Waals surface area contributed by atoms with Gasteiger partial charge in [0.05, 0.1) is 5.69 Å². The lowest BCUT2D eigenvalue weighted by Crippen LogP contribution is -2.32. The van der Waals surface area contributed by atoms with Crippen LogP contribution in [-0.4, -0.2) is 40.3 Å². The highest BCUT2D eigenvalue weighted by Crippen LogP contribution is 2.29. The summed E-state index contributed by atoms with van der Waals surface area (Å²) in [6.07, 6.45) is 0. The predicted molar refractivity (Wildman–Crippen MR) is 114 cm³/mol. The highest BCUT2D eigenvalue weighted by atomic mass is 35.5. The van der Waals surface area contributed by atoms with E-state index in [9.17, 15) is 4.79 Å². The van der Waals surface area contributed by atoms with Crippen molar-refractivity contribution in [1.82, 2.24) is 9.97 Å². The minimum atomic E-state index is -0.0406. The van der Waals surface area contributed by atoms with E-state index in [0.717, 1.165) is 24.2 Å². The molecule has 1 N–H and O–H groups in total. The molecule has 0 atom stereocenters. The van der Waals surface area contributed by atoms with Crippen molar-refractivity contribution in [3.8, 4) is 22.6 Å². The molecule has 0 bridgehead atoms. The van der Waals surface area contributed by atoms with Crippen molar-refractivity contribution >= 4 is 34.8 Å². The van der Waals surface area contributed by atoms with E-state index in [1.165, 1.54) is 17.2 Å². The molecule has 1 fully saturated rings. The van der Waals surface area contributed by atoms with Crippen molar-refractivity contribution in [1.29, 1.82) is 0 Å². The number of aromatic amines is 1. The summed E-state index contributed by atoms with van der Waals surface area (Å²) in [4.78, 5) is 22.4. The van der Waals surface area contributed by atoms with Gasteiger partial charge in [0.15, 0.2) is 5.78 Å². The summed E-state index contributed by atoms with van der Waals surface area (Å²) >= 11 is 7.98. The second-order valence-corrected chi connectivity index (χ2v) is 8.18. The highest BCUT2D eigenvalue weighted by Gasteiger charge is 2.17. The number of rotatable bonds is 4. The number of hydrogen-bond acceptors (Lipinski definition) is 4. The predicted octanol–water partition coefficient (Wildman–Crippen LogP) is 5.15. The molecule has 4 nitrogen and oxygen atoms in total. The van der Waals surface area contributed by atoms with Gasteiger partial charge in [-0.15, -0.1) is 0 Å². The van der Waals surface area contributed by atoms with Gasteiger partial charge in [0, 0.05) is 53.4 Å². The Bertz CT molecular complexity index is 945. The summed E-state index contributed by atoms with van der Waals surface area (Å²) in [5.41, 5.74) is 4.24. The molecule has 138 valence electrons. The largest absolute Gasteiger partial charge is 0.370 e. The van der Waals surface area contributed by atoms with Crippen molar-refractivity contribution in [3.05, 3.63) is 59.2 Å². The first kappa shape index (κ1) is 18.1. The number of halogens is 1. The molecule has 0 amide bonds. The summed E-state index contributed by atoms with van der Waals surface area (Å²) < 4.78 is 0. The quantitative estimate of drug-likeness (QED) is 0.618. The molecular formula is C21H20ClN3OS. The van der Waals surface area contributed by atoms with Crippen LogP contribution < -0.4 is 4.90 Å². The van der Waals surface area contributed by atoms with Gasteiger partial charge in [-0.2, -0.15) is 11.8 Å². The molecule has 27 heavy (non-hydrogen) atoms. The summed E-state index contributed by atoms with van der Waals surface area (Å²) in [5.74, 6) is 3.01. The third-order valence-electron chi connectivity index (χ3n) is 4.69. The van der Waals surface area contributed by atoms with Gasteiger partial charge < -0.3 is 9.88 Å². The van der Waals surface area contributed by atoms with Crippen LogP contribution in [0.5, 0.6) is 0 Å². The summed E-state index contributed by atoms with van der Waals surface area (Å²) in [7, 11) is 0.